The van der Waals surface area contributed by atoms with Gasteiger partial charge in [0.05, 0.1) is 13.2 Å². The number of aromatic nitrogens is 2. The van der Waals surface area contributed by atoms with Crippen molar-refractivity contribution in [3.63, 3.8) is 0 Å². The van der Waals surface area contributed by atoms with Crippen LogP contribution in [0.5, 0.6) is 0 Å². The molecule has 0 radical (unpaired) electrons. The first-order valence-electron chi connectivity index (χ1n) is 8.10. The number of hydrogen-bond acceptors (Lipinski definition) is 5. The maximum Gasteiger partial charge on any atom is 0.254 e. The Hall–Kier alpha value is -2.21. The summed E-state index contributed by atoms with van der Waals surface area (Å²) in [6.45, 7) is 1.47. The van der Waals surface area contributed by atoms with Crippen LogP contribution in [0.2, 0.25) is 0 Å². The molecule has 1 aromatic heterocycles. The average Bonchev–Trinajstić information content (AvgIpc) is 3.15. The van der Waals surface area contributed by atoms with Gasteiger partial charge in [0.1, 0.15) is 6.04 Å². The molecule has 23 heavy (non-hydrogen) atoms. The number of hydrogen-bond donors (Lipinski definition) is 0. The van der Waals surface area contributed by atoms with Crippen LogP contribution in [0.3, 0.4) is 0 Å². The fourth-order valence-corrected chi connectivity index (χ4v) is 3.42. The van der Waals surface area contributed by atoms with E-state index in [1.54, 1.807) is 4.90 Å². The Morgan fingerprint density at radius 1 is 1.22 bits per heavy atom. The number of morpholine rings is 1. The van der Waals surface area contributed by atoms with E-state index in [4.69, 9.17) is 9.26 Å². The van der Waals surface area contributed by atoms with Crippen LogP contribution in [-0.4, -0.2) is 40.7 Å². The Morgan fingerprint density at radius 2 is 2.09 bits per heavy atom. The Bertz CT molecular complexity index is 699. The van der Waals surface area contributed by atoms with E-state index in [1.165, 1.54) is 30.4 Å². The van der Waals surface area contributed by atoms with E-state index in [9.17, 15) is 4.79 Å². The van der Waals surface area contributed by atoms with Gasteiger partial charge in [0.2, 0.25) is 6.39 Å². The molecule has 6 nitrogen and oxygen atoms in total. The van der Waals surface area contributed by atoms with E-state index in [1.807, 2.05) is 6.07 Å². The molecule has 1 saturated heterocycles. The third-order valence-electron chi connectivity index (χ3n) is 4.66. The zero-order chi connectivity index (χ0) is 15.6. The van der Waals surface area contributed by atoms with Crippen molar-refractivity contribution in [2.24, 2.45) is 0 Å². The third kappa shape index (κ3) is 2.74. The normalized spacial score (nSPS) is 21.0. The van der Waals surface area contributed by atoms with Crippen molar-refractivity contribution < 1.29 is 14.1 Å². The van der Waals surface area contributed by atoms with Crippen LogP contribution in [0.4, 0.5) is 0 Å². The quantitative estimate of drug-likeness (QED) is 0.850. The number of carbonyl (C=O) groups excluding carboxylic acids is 1. The van der Waals surface area contributed by atoms with Crippen molar-refractivity contribution in [3.05, 3.63) is 47.1 Å². The minimum Gasteiger partial charge on any atom is -0.377 e. The third-order valence-corrected chi connectivity index (χ3v) is 4.66. The van der Waals surface area contributed by atoms with Crippen LogP contribution in [-0.2, 0) is 17.6 Å². The first kappa shape index (κ1) is 14.4. The van der Waals surface area contributed by atoms with E-state index < -0.39 is 0 Å². The monoisotopic (exact) mass is 313 g/mol. The zero-order valence-electron chi connectivity index (χ0n) is 12.9. The van der Waals surface area contributed by atoms with Crippen LogP contribution in [0.1, 0.15) is 46.2 Å². The molecule has 0 bridgehead atoms. The summed E-state index contributed by atoms with van der Waals surface area (Å²) in [6.07, 6.45) is 5.91. The van der Waals surface area contributed by atoms with Gasteiger partial charge < -0.3 is 14.2 Å². The van der Waals surface area contributed by atoms with Crippen LogP contribution < -0.4 is 0 Å². The molecule has 0 N–H and O–H groups in total. The number of carbonyl (C=O) groups is 1. The summed E-state index contributed by atoms with van der Waals surface area (Å²) in [4.78, 5) is 18.9. The largest absolute Gasteiger partial charge is 0.377 e. The van der Waals surface area contributed by atoms with Gasteiger partial charge in [-0.15, -0.1) is 0 Å². The number of benzene rings is 1. The van der Waals surface area contributed by atoms with Gasteiger partial charge in [-0.1, -0.05) is 11.2 Å². The average molecular weight is 313 g/mol. The smallest absolute Gasteiger partial charge is 0.254 e. The van der Waals surface area contributed by atoms with E-state index in [2.05, 4.69) is 22.3 Å². The molecule has 1 aliphatic carbocycles. The molecule has 4 rings (SSSR count). The molecule has 2 aromatic rings. The first-order valence-corrected chi connectivity index (χ1v) is 8.10. The molecule has 1 aliphatic heterocycles. The molecule has 2 heterocycles. The summed E-state index contributed by atoms with van der Waals surface area (Å²) in [6, 6.07) is 5.81. The molecule has 1 aromatic carbocycles. The highest BCUT2D eigenvalue weighted by atomic mass is 16.5. The summed E-state index contributed by atoms with van der Waals surface area (Å²) in [5, 5.41) is 3.88. The van der Waals surface area contributed by atoms with Gasteiger partial charge in [-0.25, -0.2) is 0 Å². The summed E-state index contributed by atoms with van der Waals surface area (Å²) >= 11 is 0. The van der Waals surface area contributed by atoms with Crippen molar-refractivity contribution in [3.8, 4) is 0 Å². The van der Waals surface area contributed by atoms with Crippen LogP contribution >= 0.6 is 0 Å². The van der Waals surface area contributed by atoms with Crippen LogP contribution in [0, 0.1) is 0 Å². The van der Waals surface area contributed by atoms with E-state index in [0.717, 1.165) is 18.4 Å². The number of fused-ring (bicyclic) bond motifs is 1. The lowest BCUT2D eigenvalue weighted by Crippen LogP contribution is -2.43. The fraction of sp³-hybridized carbons (Fsp3) is 0.471. The molecular formula is C17H19N3O3. The van der Waals surface area contributed by atoms with Gasteiger partial charge in [-0.3, -0.25) is 4.79 Å². The molecule has 1 amide bonds. The lowest BCUT2D eigenvalue weighted by atomic mass is 9.90. The molecule has 2 aliphatic rings. The Morgan fingerprint density at radius 3 is 2.91 bits per heavy atom. The highest BCUT2D eigenvalue weighted by Crippen LogP contribution is 2.26. The number of aryl methyl sites for hydroxylation is 2. The highest BCUT2D eigenvalue weighted by molar-refractivity contribution is 5.94. The van der Waals surface area contributed by atoms with Gasteiger partial charge in [0.25, 0.3) is 5.91 Å². The maximum absolute atomic E-state index is 13.0. The maximum atomic E-state index is 13.0. The molecule has 120 valence electrons. The summed E-state index contributed by atoms with van der Waals surface area (Å²) in [7, 11) is 0. The predicted molar refractivity (Wildman–Crippen MR) is 82.0 cm³/mol. The second-order valence-electron chi connectivity index (χ2n) is 6.07. The minimum atomic E-state index is -0.286. The first-order chi connectivity index (χ1) is 11.3. The lowest BCUT2D eigenvalue weighted by molar-refractivity contribution is -0.00577. The Kier molecular flexibility index (Phi) is 3.83. The van der Waals surface area contributed by atoms with Gasteiger partial charge in [0, 0.05) is 12.1 Å². The van der Waals surface area contributed by atoms with Crippen molar-refractivity contribution in [2.45, 2.75) is 31.7 Å². The van der Waals surface area contributed by atoms with E-state index in [0.29, 0.717) is 25.6 Å². The molecule has 0 unspecified atom stereocenters. The topological polar surface area (TPSA) is 68.5 Å². The standard InChI is InChI=1S/C17H19N3O3/c21-17(14-6-5-12-3-1-2-4-13(12)9-14)20-7-8-22-10-15(20)16-18-11-23-19-16/h5-6,9,11,15H,1-4,7-8,10H2/t15-/m0/s1. The second-order valence-corrected chi connectivity index (χ2v) is 6.07. The fourth-order valence-electron chi connectivity index (χ4n) is 3.42. The zero-order valence-corrected chi connectivity index (χ0v) is 12.9. The van der Waals surface area contributed by atoms with Crippen molar-refractivity contribution in [1.82, 2.24) is 15.0 Å². The minimum absolute atomic E-state index is 0.0106. The van der Waals surface area contributed by atoms with Crippen molar-refractivity contribution in [2.75, 3.05) is 19.8 Å². The summed E-state index contributed by atoms with van der Waals surface area (Å²) in [5.74, 6) is 0.507. The van der Waals surface area contributed by atoms with Crippen LogP contribution in [0.15, 0.2) is 29.1 Å². The number of nitrogens with zero attached hydrogens (tertiary/aromatic N) is 3. The molecule has 1 atom stereocenters. The lowest BCUT2D eigenvalue weighted by Gasteiger charge is -2.34. The van der Waals surface area contributed by atoms with E-state index in [-0.39, 0.29) is 11.9 Å². The Labute approximate surface area is 134 Å². The molecule has 0 spiro atoms. The van der Waals surface area contributed by atoms with Gasteiger partial charge in [-0.2, -0.15) is 4.98 Å². The molecule has 0 saturated carbocycles. The summed E-state index contributed by atoms with van der Waals surface area (Å²) in [5.41, 5.74) is 3.43. The SMILES string of the molecule is O=C(c1ccc2c(c1)CCCC2)N1CCOC[C@H]1c1ncon1. The van der Waals surface area contributed by atoms with Crippen LogP contribution in [0.25, 0.3) is 0 Å². The van der Waals surface area contributed by atoms with E-state index >= 15 is 0 Å². The van der Waals surface area contributed by atoms with Gasteiger partial charge in [0.15, 0.2) is 5.82 Å². The number of amides is 1. The van der Waals surface area contributed by atoms with Crippen molar-refractivity contribution in [1.29, 1.82) is 0 Å². The highest BCUT2D eigenvalue weighted by Gasteiger charge is 2.32. The predicted octanol–water partition coefficient (Wildman–Crippen LogP) is 2.16. The van der Waals surface area contributed by atoms with Gasteiger partial charge >= 0.3 is 0 Å². The summed E-state index contributed by atoms with van der Waals surface area (Å²) < 4.78 is 10.3. The number of ether oxygens (including phenoxy) is 1. The van der Waals surface area contributed by atoms with Crippen molar-refractivity contribution >= 4 is 5.91 Å². The Balaban J connectivity index is 1.62. The van der Waals surface area contributed by atoms with Gasteiger partial charge in [-0.05, 0) is 48.9 Å². The number of rotatable bonds is 2. The molecule has 6 heteroatoms. The second kappa shape index (κ2) is 6.12. The molecule has 1 fully saturated rings. The molecular weight excluding hydrogens is 294 g/mol.